The number of hydrogen-bond acceptors (Lipinski definition) is 2. The van der Waals surface area contributed by atoms with Crippen LogP contribution in [-0.4, -0.2) is 9.55 Å². The molecule has 0 saturated heterocycles. The highest BCUT2D eigenvalue weighted by molar-refractivity contribution is 9.10. The van der Waals surface area contributed by atoms with Gasteiger partial charge in [-0.1, -0.05) is 28.1 Å². The monoisotopic (exact) mass is 293 g/mol. The number of hydrogen-bond donors (Lipinski definition) is 1. The first kappa shape index (κ1) is 12.3. The summed E-state index contributed by atoms with van der Waals surface area (Å²) < 4.78 is 3.10. The molecule has 1 aromatic carbocycles. The Balaban J connectivity index is 2.40. The molecule has 90 valence electrons. The Labute approximate surface area is 110 Å². The fourth-order valence-electron chi connectivity index (χ4n) is 1.89. The molecule has 0 saturated carbocycles. The van der Waals surface area contributed by atoms with Crippen molar-refractivity contribution in [2.75, 3.05) is 0 Å². The molecule has 1 aromatic heterocycles. The van der Waals surface area contributed by atoms with Crippen LogP contribution in [0.5, 0.6) is 0 Å². The van der Waals surface area contributed by atoms with Crippen LogP contribution < -0.4 is 5.73 Å². The van der Waals surface area contributed by atoms with Crippen molar-refractivity contribution >= 4 is 15.9 Å². The zero-order valence-corrected chi connectivity index (χ0v) is 11.6. The Morgan fingerprint density at radius 1 is 1.47 bits per heavy atom. The fraction of sp³-hybridized carbons (Fsp3) is 0.308. The fourth-order valence-corrected chi connectivity index (χ4v) is 2.63. The second kappa shape index (κ2) is 5.02. The number of rotatable bonds is 3. The molecule has 0 aliphatic heterocycles. The molecule has 0 amide bonds. The van der Waals surface area contributed by atoms with Crippen LogP contribution in [0.15, 0.2) is 35.1 Å². The number of nitrogens with zero attached hydrogens (tertiary/aromatic N) is 2. The van der Waals surface area contributed by atoms with Gasteiger partial charge in [-0.15, -0.1) is 0 Å². The number of nitrogens with two attached hydrogens (primary N) is 1. The molecule has 1 atom stereocenters. The second-order valence-electron chi connectivity index (χ2n) is 4.07. The molecule has 0 bridgehead atoms. The Morgan fingerprint density at radius 2 is 2.24 bits per heavy atom. The highest BCUT2D eigenvalue weighted by Crippen LogP contribution is 2.26. The molecule has 0 radical (unpaired) electrons. The van der Waals surface area contributed by atoms with Crippen molar-refractivity contribution in [3.63, 3.8) is 0 Å². The molecule has 0 aliphatic rings. The van der Waals surface area contributed by atoms with Gasteiger partial charge in [-0.25, -0.2) is 4.98 Å². The first-order valence-corrected chi connectivity index (χ1v) is 6.45. The summed E-state index contributed by atoms with van der Waals surface area (Å²) in [4.78, 5) is 4.34. The SMILES string of the molecule is CCn1ccnc1C(N)c1ccc(C)cc1Br. The van der Waals surface area contributed by atoms with E-state index in [2.05, 4.69) is 57.5 Å². The molecule has 2 rings (SSSR count). The Morgan fingerprint density at radius 3 is 2.88 bits per heavy atom. The van der Waals surface area contributed by atoms with Crippen LogP contribution in [-0.2, 0) is 6.54 Å². The summed E-state index contributed by atoms with van der Waals surface area (Å²) in [6, 6.07) is 6.01. The van der Waals surface area contributed by atoms with Crippen LogP contribution in [0.2, 0.25) is 0 Å². The molecule has 4 heteroatoms. The van der Waals surface area contributed by atoms with Gasteiger partial charge >= 0.3 is 0 Å². The molecule has 1 unspecified atom stereocenters. The number of imidazole rings is 1. The summed E-state index contributed by atoms with van der Waals surface area (Å²) >= 11 is 3.56. The number of aromatic nitrogens is 2. The van der Waals surface area contributed by atoms with E-state index in [0.717, 1.165) is 22.4 Å². The third kappa shape index (κ3) is 2.42. The predicted molar refractivity (Wildman–Crippen MR) is 72.8 cm³/mol. The third-order valence-electron chi connectivity index (χ3n) is 2.86. The largest absolute Gasteiger partial charge is 0.334 e. The van der Waals surface area contributed by atoms with Gasteiger partial charge in [0.2, 0.25) is 0 Å². The van der Waals surface area contributed by atoms with Crippen LogP contribution in [0.4, 0.5) is 0 Å². The van der Waals surface area contributed by atoms with E-state index < -0.39 is 0 Å². The number of halogens is 1. The van der Waals surface area contributed by atoms with E-state index in [4.69, 9.17) is 5.73 Å². The minimum atomic E-state index is -0.195. The maximum absolute atomic E-state index is 6.27. The zero-order chi connectivity index (χ0) is 12.4. The average molecular weight is 294 g/mol. The molecule has 17 heavy (non-hydrogen) atoms. The number of benzene rings is 1. The molecule has 3 nitrogen and oxygen atoms in total. The molecule has 0 aliphatic carbocycles. The van der Waals surface area contributed by atoms with E-state index in [0.29, 0.717) is 0 Å². The highest BCUT2D eigenvalue weighted by Gasteiger charge is 2.16. The second-order valence-corrected chi connectivity index (χ2v) is 4.93. The van der Waals surface area contributed by atoms with Crippen molar-refractivity contribution in [2.24, 2.45) is 5.73 Å². The van der Waals surface area contributed by atoms with Crippen LogP contribution >= 0.6 is 15.9 Å². The van der Waals surface area contributed by atoms with E-state index in [-0.39, 0.29) is 6.04 Å². The highest BCUT2D eigenvalue weighted by atomic mass is 79.9. The van der Waals surface area contributed by atoms with E-state index in [9.17, 15) is 0 Å². The normalized spacial score (nSPS) is 12.7. The minimum Gasteiger partial charge on any atom is -0.334 e. The van der Waals surface area contributed by atoms with Gasteiger partial charge < -0.3 is 10.3 Å². The van der Waals surface area contributed by atoms with Gasteiger partial charge in [0.25, 0.3) is 0 Å². The first-order valence-electron chi connectivity index (χ1n) is 5.66. The predicted octanol–water partition coefficient (Wildman–Crippen LogP) is 3.02. The average Bonchev–Trinajstić information content (AvgIpc) is 2.76. The summed E-state index contributed by atoms with van der Waals surface area (Å²) in [6.45, 7) is 5.03. The van der Waals surface area contributed by atoms with E-state index in [1.807, 2.05) is 6.20 Å². The molecular formula is C13H16BrN3. The van der Waals surface area contributed by atoms with Crippen LogP contribution in [0.3, 0.4) is 0 Å². The van der Waals surface area contributed by atoms with Gasteiger partial charge in [-0.05, 0) is 31.0 Å². The van der Waals surface area contributed by atoms with Crippen LogP contribution in [0.25, 0.3) is 0 Å². The summed E-state index contributed by atoms with van der Waals surface area (Å²) in [5.41, 5.74) is 8.56. The Hall–Kier alpha value is -1.13. The lowest BCUT2D eigenvalue weighted by Gasteiger charge is -2.15. The maximum Gasteiger partial charge on any atom is 0.130 e. The van der Waals surface area contributed by atoms with Crippen molar-refractivity contribution in [2.45, 2.75) is 26.4 Å². The Kier molecular flexibility index (Phi) is 3.64. The lowest BCUT2D eigenvalue weighted by molar-refractivity contribution is 0.655. The lowest BCUT2D eigenvalue weighted by Crippen LogP contribution is -2.18. The summed E-state index contributed by atoms with van der Waals surface area (Å²) in [5, 5.41) is 0. The molecule has 0 fully saturated rings. The van der Waals surface area contributed by atoms with Crippen LogP contribution in [0, 0.1) is 6.92 Å². The van der Waals surface area contributed by atoms with Gasteiger partial charge in [-0.2, -0.15) is 0 Å². The Bertz CT molecular complexity index is 519. The first-order chi connectivity index (χ1) is 8.13. The number of aryl methyl sites for hydroxylation is 2. The van der Waals surface area contributed by atoms with Gasteiger partial charge in [-0.3, -0.25) is 0 Å². The minimum absolute atomic E-state index is 0.195. The van der Waals surface area contributed by atoms with Crippen molar-refractivity contribution in [1.82, 2.24) is 9.55 Å². The van der Waals surface area contributed by atoms with Crippen LogP contribution in [0.1, 0.15) is 29.9 Å². The van der Waals surface area contributed by atoms with Crippen molar-refractivity contribution in [1.29, 1.82) is 0 Å². The van der Waals surface area contributed by atoms with E-state index >= 15 is 0 Å². The van der Waals surface area contributed by atoms with Crippen molar-refractivity contribution < 1.29 is 0 Å². The summed E-state index contributed by atoms with van der Waals surface area (Å²) in [7, 11) is 0. The molecular weight excluding hydrogens is 278 g/mol. The molecule has 2 N–H and O–H groups in total. The topological polar surface area (TPSA) is 43.8 Å². The van der Waals surface area contributed by atoms with Crippen molar-refractivity contribution in [3.8, 4) is 0 Å². The molecule has 0 spiro atoms. The standard InChI is InChI=1S/C13H16BrN3/c1-3-17-7-6-16-13(17)12(15)10-5-4-9(2)8-11(10)14/h4-8,12H,3,15H2,1-2H3. The maximum atomic E-state index is 6.27. The van der Waals surface area contributed by atoms with E-state index in [1.165, 1.54) is 5.56 Å². The third-order valence-corrected chi connectivity index (χ3v) is 3.54. The summed E-state index contributed by atoms with van der Waals surface area (Å²) in [5.74, 6) is 0.900. The summed E-state index contributed by atoms with van der Waals surface area (Å²) in [6.07, 6.45) is 3.75. The van der Waals surface area contributed by atoms with Gasteiger partial charge in [0.05, 0.1) is 6.04 Å². The zero-order valence-electron chi connectivity index (χ0n) is 10.0. The molecule has 1 heterocycles. The lowest BCUT2D eigenvalue weighted by atomic mass is 10.1. The van der Waals surface area contributed by atoms with Gasteiger partial charge in [0, 0.05) is 23.4 Å². The quantitative estimate of drug-likeness (QED) is 0.945. The van der Waals surface area contributed by atoms with E-state index in [1.54, 1.807) is 6.20 Å². The van der Waals surface area contributed by atoms with Gasteiger partial charge in [0.1, 0.15) is 5.82 Å². The molecule has 2 aromatic rings. The van der Waals surface area contributed by atoms with Gasteiger partial charge in [0.15, 0.2) is 0 Å². The van der Waals surface area contributed by atoms with Crippen molar-refractivity contribution in [3.05, 3.63) is 52.0 Å². The smallest absolute Gasteiger partial charge is 0.130 e.